The zero-order chi connectivity index (χ0) is 10.0. The molecule has 0 aliphatic carbocycles. The van der Waals surface area contributed by atoms with Gasteiger partial charge in [-0.15, -0.1) is 0 Å². The summed E-state index contributed by atoms with van der Waals surface area (Å²) in [6.45, 7) is 11.5. The lowest BCUT2D eigenvalue weighted by molar-refractivity contribution is 0.288. The van der Waals surface area contributed by atoms with E-state index in [1.165, 1.54) is 12.8 Å². The molecule has 1 fully saturated rings. The minimum atomic E-state index is 0.562. The van der Waals surface area contributed by atoms with Crippen molar-refractivity contribution in [1.82, 2.24) is 0 Å². The van der Waals surface area contributed by atoms with Crippen molar-refractivity contribution in [2.24, 2.45) is 17.8 Å². The minimum Gasteiger partial charge on any atom is -0.369 e. The summed E-state index contributed by atoms with van der Waals surface area (Å²) < 4.78 is 5.64. The molecule has 1 saturated heterocycles. The molecule has 0 spiro atoms. The van der Waals surface area contributed by atoms with Crippen LogP contribution in [-0.2, 0) is 4.74 Å². The van der Waals surface area contributed by atoms with Gasteiger partial charge in [-0.3, -0.25) is 0 Å². The van der Waals surface area contributed by atoms with Gasteiger partial charge in [0.1, 0.15) is 0 Å². The maximum absolute atomic E-state index is 5.64. The number of rotatable bonds is 5. The van der Waals surface area contributed by atoms with Crippen molar-refractivity contribution in [2.75, 3.05) is 0 Å². The monoisotopic (exact) mass is 184 g/mol. The predicted molar refractivity (Wildman–Crippen MR) is 56.7 cm³/mol. The molecule has 1 heteroatoms. The van der Waals surface area contributed by atoms with Crippen LogP contribution in [0.1, 0.15) is 47.5 Å². The fourth-order valence-electron chi connectivity index (χ4n) is 1.93. The van der Waals surface area contributed by atoms with Gasteiger partial charge in [0.2, 0.25) is 0 Å². The van der Waals surface area contributed by atoms with Gasteiger partial charge in [-0.2, -0.15) is 0 Å². The van der Waals surface area contributed by atoms with E-state index < -0.39 is 0 Å². The summed E-state index contributed by atoms with van der Waals surface area (Å²) in [5.41, 5.74) is 0. The van der Waals surface area contributed by atoms with Gasteiger partial charge in [-0.1, -0.05) is 41.0 Å². The largest absolute Gasteiger partial charge is 0.369 e. The van der Waals surface area contributed by atoms with Crippen LogP contribution in [-0.4, -0.2) is 12.2 Å². The molecular weight excluding hydrogens is 160 g/mol. The number of hydrogen-bond acceptors (Lipinski definition) is 1. The highest BCUT2D eigenvalue weighted by Crippen LogP contribution is 2.35. The fraction of sp³-hybridized carbons (Fsp3) is 1.00. The Bertz CT molecular complexity index is 153. The third kappa shape index (κ3) is 2.98. The fourth-order valence-corrected chi connectivity index (χ4v) is 1.93. The van der Waals surface area contributed by atoms with Crippen molar-refractivity contribution in [1.29, 1.82) is 0 Å². The van der Waals surface area contributed by atoms with E-state index in [-0.39, 0.29) is 0 Å². The summed E-state index contributed by atoms with van der Waals surface area (Å²) in [7, 11) is 0. The lowest BCUT2D eigenvalue weighted by Crippen LogP contribution is -2.12. The molecule has 0 amide bonds. The molecule has 0 N–H and O–H groups in total. The maximum atomic E-state index is 5.64. The van der Waals surface area contributed by atoms with Crippen LogP contribution in [0.15, 0.2) is 0 Å². The summed E-state index contributed by atoms with van der Waals surface area (Å²) in [4.78, 5) is 0. The first kappa shape index (κ1) is 11.0. The number of epoxide rings is 1. The van der Waals surface area contributed by atoms with Crippen LogP contribution in [0, 0.1) is 17.8 Å². The number of ether oxygens (including phenoxy) is 1. The van der Waals surface area contributed by atoms with Crippen LogP contribution in [0.4, 0.5) is 0 Å². The molecule has 0 aromatic rings. The Kier molecular flexibility index (Phi) is 3.78. The van der Waals surface area contributed by atoms with E-state index in [0.717, 1.165) is 11.8 Å². The Morgan fingerprint density at radius 3 is 2.08 bits per heavy atom. The summed E-state index contributed by atoms with van der Waals surface area (Å²) >= 11 is 0. The van der Waals surface area contributed by atoms with Crippen molar-refractivity contribution < 1.29 is 4.74 Å². The molecule has 4 atom stereocenters. The lowest BCUT2D eigenvalue weighted by atomic mass is 9.88. The van der Waals surface area contributed by atoms with Crippen molar-refractivity contribution in [2.45, 2.75) is 59.7 Å². The van der Waals surface area contributed by atoms with Crippen molar-refractivity contribution in [3.8, 4) is 0 Å². The quantitative estimate of drug-likeness (QED) is 0.596. The van der Waals surface area contributed by atoms with Gasteiger partial charge >= 0.3 is 0 Å². The van der Waals surface area contributed by atoms with E-state index in [1.54, 1.807) is 0 Å². The molecule has 0 radical (unpaired) electrons. The van der Waals surface area contributed by atoms with E-state index in [4.69, 9.17) is 4.74 Å². The van der Waals surface area contributed by atoms with E-state index in [1.807, 2.05) is 0 Å². The molecule has 78 valence electrons. The Morgan fingerprint density at radius 1 is 1.08 bits per heavy atom. The second-order valence-electron chi connectivity index (χ2n) is 4.98. The summed E-state index contributed by atoms with van der Waals surface area (Å²) in [6, 6.07) is 0. The third-order valence-corrected chi connectivity index (χ3v) is 3.50. The molecule has 4 unspecified atom stereocenters. The Balaban J connectivity index is 2.20. The first-order valence-corrected chi connectivity index (χ1v) is 5.71. The number of hydrogen-bond donors (Lipinski definition) is 0. The Labute approximate surface area is 82.9 Å². The standard InChI is InChI=1S/C12H24O/c1-6-9(4)10(5)7-11-12(13-11)8(2)3/h8-12H,6-7H2,1-5H3. The van der Waals surface area contributed by atoms with Crippen molar-refractivity contribution in [3.05, 3.63) is 0 Å². The second kappa shape index (κ2) is 4.45. The molecule has 0 aromatic heterocycles. The molecule has 0 saturated carbocycles. The molecule has 1 aliphatic rings. The van der Waals surface area contributed by atoms with Crippen LogP contribution < -0.4 is 0 Å². The first-order chi connectivity index (χ1) is 6.06. The van der Waals surface area contributed by atoms with Gasteiger partial charge < -0.3 is 4.74 Å². The van der Waals surface area contributed by atoms with E-state index in [0.29, 0.717) is 18.1 Å². The summed E-state index contributed by atoms with van der Waals surface area (Å²) in [5, 5.41) is 0. The van der Waals surface area contributed by atoms with Crippen LogP contribution in [0.3, 0.4) is 0 Å². The minimum absolute atomic E-state index is 0.562. The van der Waals surface area contributed by atoms with E-state index in [9.17, 15) is 0 Å². The molecule has 1 nitrogen and oxygen atoms in total. The normalized spacial score (nSPS) is 31.8. The highest BCUT2D eigenvalue weighted by Gasteiger charge is 2.41. The highest BCUT2D eigenvalue weighted by molar-refractivity contribution is 4.88. The Hall–Kier alpha value is -0.0400. The smallest absolute Gasteiger partial charge is 0.0864 e. The topological polar surface area (TPSA) is 12.5 Å². The van der Waals surface area contributed by atoms with Crippen molar-refractivity contribution in [3.63, 3.8) is 0 Å². The van der Waals surface area contributed by atoms with Gasteiger partial charge in [-0.25, -0.2) is 0 Å². The zero-order valence-corrected chi connectivity index (χ0v) is 9.71. The van der Waals surface area contributed by atoms with Gasteiger partial charge in [0.15, 0.2) is 0 Å². The highest BCUT2D eigenvalue weighted by atomic mass is 16.6. The van der Waals surface area contributed by atoms with Crippen LogP contribution in [0.25, 0.3) is 0 Å². The molecule has 0 aromatic carbocycles. The Morgan fingerprint density at radius 2 is 1.69 bits per heavy atom. The van der Waals surface area contributed by atoms with Crippen LogP contribution >= 0.6 is 0 Å². The summed E-state index contributed by atoms with van der Waals surface area (Å²) in [5.74, 6) is 2.37. The molecule has 1 rings (SSSR count). The average molecular weight is 184 g/mol. The molecule has 13 heavy (non-hydrogen) atoms. The molecule has 1 aliphatic heterocycles. The van der Waals surface area contributed by atoms with E-state index >= 15 is 0 Å². The molecule has 1 heterocycles. The summed E-state index contributed by atoms with van der Waals surface area (Å²) in [6.07, 6.45) is 3.69. The second-order valence-corrected chi connectivity index (χ2v) is 4.98. The molecule has 0 bridgehead atoms. The van der Waals surface area contributed by atoms with Crippen LogP contribution in [0.5, 0.6) is 0 Å². The predicted octanol–water partition coefficient (Wildman–Crippen LogP) is 3.48. The van der Waals surface area contributed by atoms with Gasteiger partial charge in [-0.05, 0) is 24.2 Å². The van der Waals surface area contributed by atoms with Gasteiger partial charge in [0.05, 0.1) is 12.2 Å². The zero-order valence-electron chi connectivity index (χ0n) is 9.71. The van der Waals surface area contributed by atoms with Crippen molar-refractivity contribution >= 4 is 0 Å². The SMILES string of the molecule is CCC(C)C(C)CC1OC1C(C)C. The van der Waals surface area contributed by atoms with Crippen LogP contribution in [0.2, 0.25) is 0 Å². The average Bonchev–Trinajstić information content (AvgIpc) is 2.82. The third-order valence-electron chi connectivity index (χ3n) is 3.50. The maximum Gasteiger partial charge on any atom is 0.0864 e. The van der Waals surface area contributed by atoms with Gasteiger partial charge in [0, 0.05) is 0 Å². The van der Waals surface area contributed by atoms with Gasteiger partial charge in [0.25, 0.3) is 0 Å². The lowest BCUT2D eigenvalue weighted by Gasteiger charge is -2.16. The first-order valence-electron chi connectivity index (χ1n) is 5.71. The van der Waals surface area contributed by atoms with E-state index in [2.05, 4.69) is 34.6 Å². The molecular formula is C12H24O.